The molecule has 1 fully saturated rings. The highest BCUT2D eigenvalue weighted by atomic mass is 16.5. The van der Waals surface area contributed by atoms with Gasteiger partial charge in [0.25, 0.3) is 0 Å². The second kappa shape index (κ2) is 10.2. The van der Waals surface area contributed by atoms with Gasteiger partial charge >= 0.3 is 12.1 Å². The summed E-state index contributed by atoms with van der Waals surface area (Å²) in [7, 11) is 0. The molecular weight excluding hydrogens is 404 g/mol. The van der Waals surface area contributed by atoms with Crippen molar-refractivity contribution in [3.8, 4) is 0 Å². The summed E-state index contributed by atoms with van der Waals surface area (Å²) in [4.78, 5) is 27.9. The third-order valence-electron chi connectivity index (χ3n) is 6.00. The number of carboxylic acid groups (broad SMARTS) is 1. The number of esters is 1. The zero-order valence-electron chi connectivity index (χ0n) is 19.5. The summed E-state index contributed by atoms with van der Waals surface area (Å²) in [6, 6.07) is 17.8. The van der Waals surface area contributed by atoms with Crippen LogP contribution >= 0.6 is 0 Å². The maximum atomic E-state index is 12.0. The topological polar surface area (TPSA) is 70.1 Å². The molecule has 1 N–H and O–H groups in total. The number of hydrogen-bond donors (Lipinski definition) is 1. The molecule has 32 heavy (non-hydrogen) atoms. The van der Waals surface area contributed by atoms with Crippen LogP contribution < -0.4 is 0 Å². The first-order valence-corrected chi connectivity index (χ1v) is 11.2. The first-order valence-electron chi connectivity index (χ1n) is 11.2. The highest BCUT2D eigenvalue weighted by molar-refractivity contribution is 5.89. The zero-order chi connectivity index (χ0) is 23.3. The van der Waals surface area contributed by atoms with E-state index in [-0.39, 0.29) is 23.5 Å². The van der Waals surface area contributed by atoms with E-state index in [0.29, 0.717) is 38.2 Å². The van der Waals surface area contributed by atoms with Crippen molar-refractivity contribution in [3.05, 3.63) is 71.3 Å². The van der Waals surface area contributed by atoms with Crippen molar-refractivity contribution in [2.24, 2.45) is 5.41 Å². The van der Waals surface area contributed by atoms with Crippen LogP contribution in [0.25, 0.3) is 0 Å². The molecule has 0 saturated carbocycles. The lowest BCUT2D eigenvalue weighted by atomic mass is 9.80. The highest BCUT2D eigenvalue weighted by Crippen LogP contribution is 2.39. The van der Waals surface area contributed by atoms with Crippen LogP contribution in [0.15, 0.2) is 54.6 Å². The van der Waals surface area contributed by atoms with Gasteiger partial charge in [0.2, 0.25) is 0 Å². The third kappa shape index (κ3) is 5.68. The van der Waals surface area contributed by atoms with Crippen molar-refractivity contribution in [3.63, 3.8) is 0 Å². The van der Waals surface area contributed by atoms with Gasteiger partial charge in [0.1, 0.15) is 0 Å². The van der Waals surface area contributed by atoms with Crippen molar-refractivity contribution in [1.29, 1.82) is 0 Å². The summed E-state index contributed by atoms with van der Waals surface area (Å²) in [6.07, 6.45) is -0.290. The van der Waals surface area contributed by atoms with Crippen LogP contribution in [0.4, 0.5) is 4.79 Å². The predicted octanol–water partition coefficient (Wildman–Crippen LogP) is 4.86. The number of rotatable bonds is 6. The van der Waals surface area contributed by atoms with Crippen LogP contribution in [-0.2, 0) is 11.2 Å². The van der Waals surface area contributed by atoms with Crippen LogP contribution in [-0.4, -0.2) is 59.3 Å². The minimum atomic E-state index is -0.884. The molecular formula is C26H34N2O4. The lowest BCUT2D eigenvalue weighted by Crippen LogP contribution is -2.57. The SMILES string of the molecule is CCOC(=O)c1ccc(C[C@@H]2CN(C(c3ccccc3)C(C)(C)C)CCN2C(=O)O)cc1. The molecule has 0 bridgehead atoms. The van der Waals surface area contributed by atoms with Crippen LogP contribution in [0.1, 0.15) is 55.2 Å². The molecule has 3 rings (SSSR count). The Morgan fingerprint density at radius 3 is 2.28 bits per heavy atom. The molecule has 1 aliphatic heterocycles. The van der Waals surface area contributed by atoms with E-state index in [1.807, 2.05) is 18.2 Å². The summed E-state index contributed by atoms with van der Waals surface area (Å²) in [6.45, 7) is 10.6. The first-order chi connectivity index (χ1) is 15.2. The number of ether oxygens (including phenoxy) is 1. The summed E-state index contributed by atoms with van der Waals surface area (Å²) >= 11 is 0. The number of piperazine rings is 1. The number of carbonyl (C=O) groups excluding carboxylic acids is 1. The van der Waals surface area contributed by atoms with Gasteiger partial charge in [-0.15, -0.1) is 0 Å². The molecule has 6 heteroatoms. The molecule has 1 heterocycles. The maximum absolute atomic E-state index is 12.0. The Labute approximate surface area is 190 Å². The fraction of sp³-hybridized carbons (Fsp3) is 0.462. The molecule has 1 amide bonds. The predicted molar refractivity (Wildman–Crippen MR) is 125 cm³/mol. The van der Waals surface area contributed by atoms with E-state index >= 15 is 0 Å². The van der Waals surface area contributed by atoms with E-state index in [0.717, 1.165) is 5.56 Å². The second-order valence-electron chi connectivity index (χ2n) is 9.43. The zero-order valence-corrected chi connectivity index (χ0v) is 19.5. The van der Waals surface area contributed by atoms with Gasteiger partial charge in [0.05, 0.1) is 18.2 Å². The fourth-order valence-corrected chi connectivity index (χ4v) is 4.70. The molecule has 0 aliphatic carbocycles. The summed E-state index contributed by atoms with van der Waals surface area (Å²) in [5.41, 5.74) is 2.76. The van der Waals surface area contributed by atoms with Crippen molar-refractivity contribution < 1.29 is 19.4 Å². The standard InChI is InChI=1S/C26H34N2O4/c1-5-32-24(29)21-13-11-19(12-14-21)17-22-18-27(15-16-28(22)25(30)31)23(26(2,3)4)20-9-7-6-8-10-20/h6-14,22-23H,5,15-18H2,1-4H3,(H,30,31)/t22-,23?/m1/s1. The molecule has 2 atom stereocenters. The van der Waals surface area contributed by atoms with E-state index in [4.69, 9.17) is 4.74 Å². The Bertz CT molecular complexity index is 906. The van der Waals surface area contributed by atoms with Crippen LogP contribution in [0.2, 0.25) is 0 Å². The van der Waals surface area contributed by atoms with Gasteiger partial charge in [0, 0.05) is 25.7 Å². The van der Waals surface area contributed by atoms with Gasteiger partial charge in [-0.25, -0.2) is 9.59 Å². The fourth-order valence-electron chi connectivity index (χ4n) is 4.70. The molecule has 1 aliphatic rings. The highest BCUT2D eigenvalue weighted by Gasteiger charge is 2.38. The third-order valence-corrected chi connectivity index (χ3v) is 6.00. The van der Waals surface area contributed by atoms with Crippen molar-refractivity contribution in [2.45, 2.75) is 46.2 Å². The Morgan fingerprint density at radius 2 is 1.72 bits per heavy atom. The molecule has 1 unspecified atom stereocenters. The minimum Gasteiger partial charge on any atom is -0.465 e. The lowest BCUT2D eigenvalue weighted by Gasteiger charge is -2.47. The van der Waals surface area contributed by atoms with Crippen LogP contribution in [0.3, 0.4) is 0 Å². The van der Waals surface area contributed by atoms with Gasteiger partial charge in [-0.1, -0.05) is 63.2 Å². The number of benzene rings is 2. The molecule has 0 aromatic heterocycles. The van der Waals surface area contributed by atoms with Gasteiger partial charge in [-0.3, -0.25) is 4.90 Å². The van der Waals surface area contributed by atoms with Gasteiger partial charge in [-0.05, 0) is 42.0 Å². The molecule has 172 valence electrons. The van der Waals surface area contributed by atoms with Crippen molar-refractivity contribution >= 4 is 12.1 Å². The van der Waals surface area contributed by atoms with Crippen molar-refractivity contribution in [1.82, 2.24) is 9.80 Å². The smallest absolute Gasteiger partial charge is 0.407 e. The molecule has 2 aromatic carbocycles. The van der Waals surface area contributed by atoms with Gasteiger partial charge in [0.15, 0.2) is 0 Å². The van der Waals surface area contributed by atoms with E-state index < -0.39 is 6.09 Å². The van der Waals surface area contributed by atoms with E-state index in [2.05, 4.69) is 49.9 Å². The lowest BCUT2D eigenvalue weighted by molar-refractivity contribution is 0.0159. The Hall–Kier alpha value is -2.86. The summed E-state index contributed by atoms with van der Waals surface area (Å²) < 4.78 is 5.05. The quantitative estimate of drug-likeness (QED) is 0.653. The summed E-state index contributed by atoms with van der Waals surface area (Å²) in [5.74, 6) is -0.342. The number of carbonyl (C=O) groups is 2. The van der Waals surface area contributed by atoms with Gasteiger partial charge < -0.3 is 14.7 Å². The van der Waals surface area contributed by atoms with E-state index in [1.165, 1.54) is 5.56 Å². The molecule has 0 spiro atoms. The molecule has 6 nitrogen and oxygen atoms in total. The number of hydrogen-bond acceptors (Lipinski definition) is 4. The average molecular weight is 439 g/mol. The normalized spacial score (nSPS) is 18.2. The summed E-state index contributed by atoms with van der Waals surface area (Å²) in [5, 5.41) is 9.81. The van der Waals surface area contributed by atoms with Crippen LogP contribution in [0.5, 0.6) is 0 Å². The van der Waals surface area contributed by atoms with E-state index in [9.17, 15) is 14.7 Å². The molecule has 2 aromatic rings. The molecule has 0 radical (unpaired) electrons. The largest absolute Gasteiger partial charge is 0.465 e. The average Bonchev–Trinajstić information content (AvgIpc) is 2.74. The Balaban J connectivity index is 1.81. The second-order valence-corrected chi connectivity index (χ2v) is 9.43. The van der Waals surface area contributed by atoms with Crippen molar-refractivity contribution in [2.75, 3.05) is 26.2 Å². The number of nitrogens with zero attached hydrogens (tertiary/aromatic N) is 2. The maximum Gasteiger partial charge on any atom is 0.407 e. The van der Waals surface area contributed by atoms with Crippen LogP contribution in [0, 0.1) is 5.41 Å². The number of amides is 1. The van der Waals surface area contributed by atoms with E-state index in [1.54, 1.807) is 24.0 Å². The van der Waals surface area contributed by atoms with Gasteiger partial charge in [-0.2, -0.15) is 0 Å². The molecule has 1 saturated heterocycles. The Morgan fingerprint density at radius 1 is 1.06 bits per heavy atom. The monoisotopic (exact) mass is 438 g/mol. The minimum absolute atomic E-state index is 0.00140. The Kier molecular flexibility index (Phi) is 7.56. The first kappa shape index (κ1) is 23.8.